The molecule has 0 aliphatic carbocycles. The molecular formula is C48H96O9. The summed E-state index contributed by atoms with van der Waals surface area (Å²) in [7, 11) is 0. The Bertz CT molecular complexity index is 758. The van der Waals surface area contributed by atoms with E-state index in [1.54, 1.807) is 0 Å². The van der Waals surface area contributed by atoms with E-state index < -0.39 is 0 Å². The third-order valence-corrected chi connectivity index (χ3v) is 10.5. The lowest BCUT2D eigenvalue weighted by Crippen LogP contribution is -2.42. The van der Waals surface area contributed by atoms with Crippen LogP contribution in [0, 0.1) is 16.7 Å². The van der Waals surface area contributed by atoms with E-state index in [0.29, 0.717) is 78.3 Å². The van der Waals surface area contributed by atoms with Crippen molar-refractivity contribution < 1.29 is 42.7 Å². The Labute approximate surface area is 353 Å². The molecule has 342 valence electrons. The van der Waals surface area contributed by atoms with Crippen molar-refractivity contribution in [1.82, 2.24) is 0 Å². The van der Waals surface area contributed by atoms with Crippen LogP contribution in [-0.2, 0) is 42.7 Å². The summed E-state index contributed by atoms with van der Waals surface area (Å²) in [5.74, 6) is 0.380. The largest absolute Gasteiger partial charge is 0.381 e. The highest BCUT2D eigenvalue weighted by Crippen LogP contribution is 2.25. The minimum absolute atomic E-state index is 0.0180. The van der Waals surface area contributed by atoms with E-state index in [1.165, 1.54) is 38.5 Å². The number of unbranched alkanes of at least 4 members (excludes halogenated alkanes) is 9. The first-order chi connectivity index (χ1) is 27.9. The first kappa shape index (κ1) is 56.4. The molecule has 0 saturated carbocycles. The zero-order chi connectivity index (χ0) is 42.0. The molecule has 0 aromatic heterocycles. The number of rotatable bonds is 48. The molecule has 0 saturated heterocycles. The number of carbonyl (C=O) groups excluding carboxylic acids is 1. The van der Waals surface area contributed by atoms with Gasteiger partial charge in [-0.2, -0.15) is 0 Å². The van der Waals surface area contributed by atoms with E-state index >= 15 is 0 Å². The molecule has 1 atom stereocenters. The van der Waals surface area contributed by atoms with Gasteiger partial charge in [-0.1, -0.05) is 106 Å². The van der Waals surface area contributed by atoms with Gasteiger partial charge in [0.2, 0.25) is 0 Å². The van der Waals surface area contributed by atoms with E-state index in [0.717, 1.165) is 130 Å². The van der Waals surface area contributed by atoms with Crippen molar-refractivity contribution in [3.8, 4) is 0 Å². The van der Waals surface area contributed by atoms with E-state index in [1.807, 2.05) is 0 Å². The minimum Gasteiger partial charge on any atom is -0.381 e. The number of carbonyl (C=O) groups is 1. The van der Waals surface area contributed by atoms with Crippen LogP contribution in [0.5, 0.6) is 0 Å². The van der Waals surface area contributed by atoms with Gasteiger partial charge < -0.3 is 37.9 Å². The van der Waals surface area contributed by atoms with Crippen LogP contribution in [0.4, 0.5) is 0 Å². The molecule has 0 fully saturated rings. The highest BCUT2D eigenvalue weighted by atomic mass is 16.5. The quantitative estimate of drug-likeness (QED) is 0.0557. The summed E-state index contributed by atoms with van der Waals surface area (Å²) >= 11 is 0. The third-order valence-electron chi connectivity index (χ3n) is 10.5. The Morgan fingerprint density at radius 1 is 0.333 bits per heavy atom. The summed E-state index contributed by atoms with van der Waals surface area (Å²) in [6.07, 6.45) is 21.5. The second-order valence-corrected chi connectivity index (χ2v) is 16.8. The summed E-state index contributed by atoms with van der Waals surface area (Å²) in [4.78, 5) is 13.3. The molecule has 9 nitrogen and oxygen atoms in total. The summed E-state index contributed by atoms with van der Waals surface area (Å²) in [5.41, 5.74) is -0.696. The van der Waals surface area contributed by atoms with E-state index in [-0.39, 0.29) is 16.7 Å². The summed E-state index contributed by atoms with van der Waals surface area (Å²) in [5, 5.41) is 0. The number of Topliss-reactive ketones (excluding diaryl/α,β-unsaturated/α-hetero) is 1. The van der Waals surface area contributed by atoms with Crippen LogP contribution in [0.15, 0.2) is 0 Å². The molecule has 0 heterocycles. The molecule has 0 aliphatic heterocycles. The van der Waals surface area contributed by atoms with Crippen molar-refractivity contribution in [2.75, 3.05) is 106 Å². The van der Waals surface area contributed by atoms with Crippen LogP contribution in [0.3, 0.4) is 0 Å². The summed E-state index contributed by atoms with van der Waals surface area (Å²) in [6.45, 7) is 25.4. The molecule has 0 spiro atoms. The van der Waals surface area contributed by atoms with Crippen LogP contribution < -0.4 is 0 Å². The Balaban J connectivity index is 5.41. The fraction of sp³-hybridized carbons (Fsp3) is 0.979. The predicted octanol–water partition coefficient (Wildman–Crippen LogP) is 11.6. The van der Waals surface area contributed by atoms with Crippen LogP contribution in [0.1, 0.15) is 183 Å². The molecule has 0 aromatic rings. The topological polar surface area (TPSA) is 90.9 Å². The molecule has 0 aliphatic rings. The molecule has 0 aromatic carbocycles. The molecule has 0 amide bonds. The van der Waals surface area contributed by atoms with E-state index in [4.69, 9.17) is 37.9 Å². The maximum absolute atomic E-state index is 13.3. The Hall–Kier alpha value is -0.650. The van der Waals surface area contributed by atoms with Gasteiger partial charge in [-0.05, 0) is 70.6 Å². The van der Waals surface area contributed by atoms with Crippen molar-refractivity contribution >= 4 is 5.78 Å². The van der Waals surface area contributed by atoms with Gasteiger partial charge in [0, 0.05) is 65.2 Å². The molecule has 0 N–H and O–H groups in total. The minimum atomic E-state index is -0.349. The fourth-order valence-electron chi connectivity index (χ4n) is 6.69. The van der Waals surface area contributed by atoms with Crippen molar-refractivity contribution in [2.45, 2.75) is 183 Å². The van der Waals surface area contributed by atoms with Gasteiger partial charge in [-0.25, -0.2) is 0 Å². The van der Waals surface area contributed by atoms with E-state index in [9.17, 15) is 4.79 Å². The highest BCUT2D eigenvalue weighted by molar-refractivity contribution is 5.80. The molecule has 0 rings (SSSR count). The van der Waals surface area contributed by atoms with Crippen LogP contribution in [0.2, 0.25) is 0 Å². The van der Waals surface area contributed by atoms with Crippen molar-refractivity contribution in [2.24, 2.45) is 16.7 Å². The van der Waals surface area contributed by atoms with Gasteiger partial charge in [-0.15, -0.1) is 0 Å². The predicted molar refractivity (Wildman–Crippen MR) is 237 cm³/mol. The SMILES string of the molecule is CCCCCOCC(COCCCCC)(COCCCCC)COCCCC(CCCOCC(COCCCC)(COCCCC)COCCCC)C(=O)CCC. The number of hydrogen-bond donors (Lipinski definition) is 0. The molecule has 57 heavy (non-hydrogen) atoms. The van der Waals surface area contributed by atoms with Gasteiger partial charge in [0.1, 0.15) is 5.78 Å². The fourth-order valence-corrected chi connectivity index (χ4v) is 6.69. The van der Waals surface area contributed by atoms with Gasteiger partial charge >= 0.3 is 0 Å². The van der Waals surface area contributed by atoms with Gasteiger partial charge in [-0.3, -0.25) is 4.79 Å². The molecule has 1 unspecified atom stereocenters. The zero-order valence-electron chi connectivity index (χ0n) is 38.9. The molecule has 0 radical (unpaired) electrons. The normalized spacial score (nSPS) is 12.8. The Kier molecular flexibility index (Phi) is 41.6. The second-order valence-electron chi connectivity index (χ2n) is 16.8. The second kappa shape index (κ2) is 42.1. The number of ketones is 1. The van der Waals surface area contributed by atoms with E-state index in [2.05, 4.69) is 48.5 Å². The summed E-state index contributed by atoms with van der Waals surface area (Å²) < 4.78 is 50.1. The number of hydrogen-bond acceptors (Lipinski definition) is 9. The van der Waals surface area contributed by atoms with Gasteiger partial charge in [0.15, 0.2) is 0 Å². The highest BCUT2D eigenvalue weighted by Gasteiger charge is 2.34. The van der Waals surface area contributed by atoms with Gasteiger partial charge in [0.25, 0.3) is 0 Å². The monoisotopic (exact) mass is 817 g/mol. The van der Waals surface area contributed by atoms with Crippen molar-refractivity contribution in [3.63, 3.8) is 0 Å². The van der Waals surface area contributed by atoms with Crippen LogP contribution in [0.25, 0.3) is 0 Å². The first-order valence-corrected chi connectivity index (χ1v) is 24.1. The lowest BCUT2D eigenvalue weighted by atomic mass is 9.90. The molecule has 9 heteroatoms. The first-order valence-electron chi connectivity index (χ1n) is 24.1. The van der Waals surface area contributed by atoms with Gasteiger partial charge in [0.05, 0.1) is 63.7 Å². The third kappa shape index (κ3) is 32.8. The Morgan fingerprint density at radius 3 is 0.825 bits per heavy atom. The lowest BCUT2D eigenvalue weighted by Gasteiger charge is -2.33. The smallest absolute Gasteiger partial charge is 0.135 e. The van der Waals surface area contributed by atoms with Crippen molar-refractivity contribution in [1.29, 1.82) is 0 Å². The van der Waals surface area contributed by atoms with Crippen LogP contribution in [-0.4, -0.2) is 111 Å². The standard InChI is InChI=1S/C48H96O9/c1-8-15-21-32-53-40-48(41-54-33-22-16-9-2,42-55-34-23-17-10-3)44-57-36-25-28-45(46(49)26-14-7)27-24-35-56-43-47(37-50-29-18-11-4,38-51-30-19-12-5)39-52-31-20-13-6/h45H,8-44H2,1-7H3. The number of ether oxygens (including phenoxy) is 8. The Morgan fingerprint density at radius 2 is 0.579 bits per heavy atom. The average Bonchev–Trinajstić information content (AvgIpc) is 3.21. The van der Waals surface area contributed by atoms with Crippen LogP contribution >= 0.6 is 0 Å². The molecular weight excluding hydrogens is 721 g/mol. The summed E-state index contributed by atoms with van der Waals surface area (Å²) in [6, 6.07) is 0. The molecule has 0 bridgehead atoms. The average molecular weight is 817 g/mol. The maximum Gasteiger partial charge on any atom is 0.135 e. The maximum atomic E-state index is 13.3. The van der Waals surface area contributed by atoms with Crippen molar-refractivity contribution in [3.05, 3.63) is 0 Å². The lowest BCUT2D eigenvalue weighted by molar-refractivity contribution is -0.124. The zero-order valence-corrected chi connectivity index (χ0v) is 38.9.